The summed E-state index contributed by atoms with van der Waals surface area (Å²) in [4.78, 5) is 0. The highest BCUT2D eigenvalue weighted by atomic mass is 16.5. The molecule has 0 atom stereocenters. The van der Waals surface area contributed by atoms with E-state index in [1.807, 2.05) is 24.3 Å². The number of ether oxygens (including phenoxy) is 2. The van der Waals surface area contributed by atoms with Crippen LogP contribution < -0.4 is 32.4 Å². The summed E-state index contributed by atoms with van der Waals surface area (Å²) in [5, 5.41) is 0. The Bertz CT molecular complexity index is 820. The lowest BCUT2D eigenvalue weighted by molar-refractivity contribution is 0.304. The Labute approximate surface area is 152 Å². The standard InChI is InChI=1S/C20H22N4O2/c21-15-5-7-17(23)19(9-15)25-11-13-1-2-14(4-3-13)12-26-20-10-16(22)6-8-18(20)24/h1-10H,11-12,21-24H2. The maximum atomic E-state index is 5.88. The van der Waals surface area contributed by atoms with Crippen LogP contribution >= 0.6 is 0 Å². The molecule has 3 aromatic rings. The Hall–Kier alpha value is -3.54. The van der Waals surface area contributed by atoms with Crippen molar-refractivity contribution >= 4 is 22.7 Å². The number of rotatable bonds is 6. The van der Waals surface area contributed by atoms with Crippen molar-refractivity contribution in [2.45, 2.75) is 13.2 Å². The largest absolute Gasteiger partial charge is 0.487 e. The second kappa shape index (κ2) is 7.57. The average molecular weight is 350 g/mol. The Balaban J connectivity index is 1.58. The molecule has 0 fully saturated rings. The summed E-state index contributed by atoms with van der Waals surface area (Å²) in [5.74, 6) is 1.16. The smallest absolute Gasteiger partial charge is 0.144 e. The maximum Gasteiger partial charge on any atom is 0.144 e. The van der Waals surface area contributed by atoms with Crippen molar-refractivity contribution in [3.05, 3.63) is 71.8 Å². The first-order valence-corrected chi connectivity index (χ1v) is 8.14. The summed E-state index contributed by atoms with van der Waals surface area (Å²) in [7, 11) is 0. The monoisotopic (exact) mass is 350 g/mol. The molecule has 0 aliphatic rings. The third-order valence-electron chi connectivity index (χ3n) is 3.89. The zero-order valence-corrected chi connectivity index (χ0v) is 14.3. The minimum absolute atomic E-state index is 0.400. The third kappa shape index (κ3) is 4.30. The highest BCUT2D eigenvalue weighted by Gasteiger charge is 2.04. The predicted molar refractivity (Wildman–Crippen MR) is 106 cm³/mol. The molecule has 6 heteroatoms. The lowest BCUT2D eigenvalue weighted by Crippen LogP contribution is -2.01. The Kier molecular flexibility index (Phi) is 5.03. The zero-order chi connectivity index (χ0) is 18.5. The molecule has 0 aliphatic carbocycles. The number of benzene rings is 3. The molecule has 0 aliphatic heterocycles. The normalized spacial score (nSPS) is 10.5. The van der Waals surface area contributed by atoms with E-state index in [0.29, 0.717) is 47.5 Å². The van der Waals surface area contributed by atoms with Crippen LogP contribution in [-0.2, 0) is 13.2 Å². The molecule has 0 bridgehead atoms. The lowest BCUT2D eigenvalue weighted by Gasteiger charge is -2.11. The molecule has 0 heterocycles. The van der Waals surface area contributed by atoms with Gasteiger partial charge in [0.25, 0.3) is 0 Å². The molecular weight excluding hydrogens is 328 g/mol. The van der Waals surface area contributed by atoms with Crippen LogP contribution in [0.1, 0.15) is 11.1 Å². The molecule has 26 heavy (non-hydrogen) atoms. The molecule has 3 rings (SSSR count). The van der Waals surface area contributed by atoms with E-state index in [1.54, 1.807) is 36.4 Å². The van der Waals surface area contributed by atoms with Crippen molar-refractivity contribution < 1.29 is 9.47 Å². The van der Waals surface area contributed by atoms with Gasteiger partial charge < -0.3 is 32.4 Å². The minimum atomic E-state index is 0.400. The van der Waals surface area contributed by atoms with Crippen LogP contribution in [0, 0.1) is 0 Å². The number of nitrogens with two attached hydrogens (primary N) is 4. The van der Waals surface area contributed by atoms with E-state index in [2.05, 4.69) is 0 Å². The highest BCUT2D eigenvalue weighted by Crippen LogP contribution is 2.26. The van der Waals surface area contributed by atoms with E-state index in [4.69, 9.17) is 32.4 Å². The predicted octanol–water partition coefficient (Wildman–Crippen LogP) is 3.17. The van der Waals surface area contributed by atoms with Crippen molar-refractivity contribution in [3.63, 3.8) is 0 Å². The van der Waals surface area contributed by atoms with Gasteiger partial charge in [0.05, 0.1) is 11.4 Å². The van der Waals surface area contributed by atoms with E-state index in [9.17, 15) is 0 Å². The molecule has 0 spiro atoms. The topological polar surface area (TPSA) is 123 Å². The maximum absolute atomic E-state index is 5.88. The van der Waals surface area contributed by atoms with Gasteiger partial charge in [0, 0.05) is 23.5 Å². The van der Waals surface area contributed by atoms with Crippen LogP contribution in [0.15, 0.2) is 60.7 Å². The number of hydrogen-bond acceptors (Lipinski definition) is 6. The fraction of sp³-hybridized carbons (Fsp3) is 0.100. The van der Waals surface area contributed by atoms with Crippen molar-refractivity contribution in [2.75, 3.05) is 22.9 Å². The van der Waals surface area contributed by atoms with Crippen LogP contribution in [0.4, 0.5) is 22.7 Å². The summed E-state index contributed by atoms with van der Waals surface area (Å²) >= 11 is 0. The van der Waals surface area contributed by atoms with Crippen LogP contribution in [0.3, 0.4) is 0 Å². The van der Waals surface area contributed by atoms with Gasteiger partial charge in [-0.15, -0.1) is 0 Å². The van der Waals surface area contributed by atoms with Gasteiger partial charge in [0.1, 0.15) is 24.7 Å². The van der Waals surface area contributed by atoms with Gasteiger partial charge >= 0.3 is 0 Å². The van der Waals surface area contributed by atoms with Crippen LogP contribution in [0.2, 0.25) is 0 Å². The highest BCUT2D eigenvalue weighted by molar-refractivity contribution is 5.60. The molecule has 0 aromatic heterocycles. The molecule has 3 aromatic carbocycles. The first-order valence-electron chi connectivity index (χ1n) is 8.14. The number of nitrogen functional groups attached to an aromatic ring is 4. The van der Waals surface area contributed by atoms with Gasteiger partial charge in [-0.25, -0.2) is 0 Å². The van der Waals surface area contributed by atoms with E-state index in [-0.39, 0.29) is 0 Å². The van der Waals surface area contributed by atoms with E-state index in [1.165, 1.54) is 0 Å². The average Bonchev–Trinajstić information content (AvgIpc) is 2.64. The van der Waals surface area contributed by atoms with Gasteiger partial charge in [-0.1, -0.05) is 24.3 Å². The van der Waals surface area contributed by atoms with Gasteiger partial charge in [0.2, 0.25) is 0 Å². The van der Waals surface area contributed by atoms with Gasteiger partial charge in [-0.05, 0) is 35.4 Å². The molecular formula is C20H22N4O2. The molecule has 0 amide bonds. The summed E-state index contributed by atoms with van der Waals surface area (Å²) in [5.41, 5.74) is 27.6. The summed E-state index contributed by atoms with van der Waals surface area (Å²) in [6.45, 7) is 0.800. The van der Waals surface area contributed by atoms with Gasteiger partial charge in [-0.3, -0.25) is 0 Å². The Morgan fingerprint density at radius 3 is 1.31 bits per heavy atom. The van der Waals surface area contributed by atoms with E-state index in [0.717, 1.165) is 11.1 Å². The van der Waals surface area contributed by atoms with Crippen LogP contribution in [0.5, 0.6) is 11.5 Å². The van der Waals surface area contributed by atoms with Crippen LogP contribution in [0.25, 0.3) is 0 Å². The first-order chi connectivity index (χ1) is 12.5. The second-order valence-electron chi connectivity index (χ2n) is 5.99. The molecule has 0 radical (unpaired) electrons. The van der Waals surface area contributed by atoms with E-state index < -0.39 is 0 Å². The summed E-state index contributed by atoms with van der Waals surface area (Å²) in [6, 6.07) is 18.3. The first kappa shape index (κ1) is 17.3. The third-order valence-corrected chi connectivity index (χ3v) is 3.89. The van der Waals surface area contributed by atoms with Gasteiger partial charge in [-0.2, -0.15) is 0 Å². The lowest BCUT2D eigenvalue weighted by atomic mass is 10.1. The van der Waals surface area contributed by atoms with E-state index >= 15 is 0 Å². The Morgan fingerprint density at radius 2 is 0.923 bits per heavy atom. The van der Waals surface area contributed by atoms with Crippen molar-refractivity contribution in [1.82, 2.24) is 0 Å². The van der Waals surface area contributed by atoms with Crippen LogP contribution in [-0.4, -0.2) is 0 Å². The zero-order valence-electron chi connectivity index (χ0n) is 14.3. The van der Waals surface area contributed by atoms with Crippen molar-refractivity contribution in [2.24, 2.45) is 0 Å². The van der Waals surface area contributed by atoms with Crippen molar-refractivity contribution in [3.8, 4) is 11.5 Å². The Morgan fingerprint density at radius 1 is 0.538 bits per heavy atom. The minimum Gasteiger partial charge on any atom is -0.487 e. The molecule has 0 saturated heterocycles. The fourth-order valence-corrected chi connectivity index (χ4v) is 2.41. The number of hydrogen-bond donors (Lipinski definition) is 4. The second-order valence-corrected chi connectivity index (χ2v) is 5.99. The quantitative estimate of drug-likeness (QED) is 0.506. The van der Waals surface area contributed by atoms with Crippen molar-refractivity contribution in [1.29, 1.82) is 0 Å². The molecule has 0 saturated carbocycles. The van der Waals surface area contributed by atoms with Gasteiger partial charge in [0.15, 0.2) is 0 Å². The summed E-state index contributed by atoms with van der Waals surface area (Å²) < 4.78 is 11.5. The number of anilines is 4. The molecule has 134 valence electrons. The summed E-state index contributed by atoms with van der Waals surface area (Å²) in [6.07, 6.45) is 0. The fourth-order valence-electron chi connectivity index (χ4n) is 2.41. The molecule has 0 unspecified atom stereocenters. The SMILES string of the molecule is Nc1ccc(N)c(OCc2ccc(COc3cc(N)ccc3N)cc2)c1. The molecule has 6 nitrogen and oxygen atoms in total. The molecule has 8 N–H and O–H groups in total.